The van der Waals surface area contributed by atoms with Gasteiger partial charge in [-0.2, -0.15) is 5.10 Å². The van der Waals surface area contributed by atoms with Gasteiger partial charge in [0, 0.05) is 18.9 Å². The molecule has 3 heterocycles. The largest absolute Gasteiger partial charge is 0.494 e. The topological polar surface area (TPSA) is 97.4 Å². The number of nitrogens with one attached hydrogen (secondary N) is 2. The molecule has 1 aliphatic heterocycles. The Morgan fingerprint density at radius 1 is 1.43 bits per heavy atom. The van der Waals surface area contributed by atoms with E-state index in [2.05, 4.69) is 20.1 Å². The van der Waals surface area contributed by atoms with E-state index in [4.69, 9.17) is 12.2 Å². The lowest BCUT2D eigenvalue weighted by Gasteiger charge is -2.33. The Bertz CT molecular complexity index is 815. The van der Waals surface area contributed by atoms with Gasteiger partial charge in [0.15, 0.2) is 4.77 Å². The molecule has 7 nitrogen and oxygen atoms in total. The van der Waals surface area contributed by atoms with Crippen LogP contribution in [0.25, 0.3) is 0 Å². The second-order valence-corrected chi connectivity index (χ2v) is 5.78. The summed E-state index contributed by atoms with van der Waals surface area (Å²) in [5.74, 6) is -0.280. The van der Waals surface area contributed by atoms with E-state index in [9.17, 15) is 9.90 Å². The molecule has 2 aromatic heterocycles. The Morgan fingerprint density at radius 2 is 2.30 bits per heavy atom. The number of aromatic hydroxyl groups is 1. The van der Waals surface area contributed by atoms with Crippen LogP contribution >= 0.6 is 12.2 Å². The molecule has 0 unspecified atom stereocenters. The predicted octanol–water partition coefficient (Wildman–Crippen LogP) is 2.09. The standard InChI is InChI=1S/C15H17N5O2S/c21-13-11(14(22)19-15(23)18-13)9-17-20-7-2-1-5-12(20)10-4-3-6-16-8-10/h3-4,6,8-9,12H,1-2,5,7H2,(H3,18,19,21,22,23)/b17-9+/t12-/m0/s1. The zero-order valence-corrected chi connectivity index (χ0v) is 13.2. The van der Waals surface area contributed by atoms with Crippen molar-refractivity contribution in [3.05, 3.63) is 50.8 Å². The Hall–Kier alpha value is -2.48. The summed E-state index contributed by atoms with van der Waals surface area (Å²) >= 11 is 4.81. The van der Waals surface area contributed by atoms with Crippen LogP contribution in [0, 0.1) is 4.77 Å². The zero-order valence-electron chi connectivity index (χ0n) is 12.4. The van der Waals surface area contributed by atoms with Crippen LogP contribution in [0.15, 0.2) is 34.4 Å². The highest BCUT2D eigenvalue weighted by Gasteiger charge is 2.22. The molecule has 2 aromatic rings. The Labute approximate surface area is 137 Å². The molecule has 0 spiro atoms. The van der Waals surface area contributed by atoms with Crippen LogP contribution in [0.3, 0.4) is 0 Å². The van der Waals surface area contributed by atoms with Crippen LogP contribution in [-0.2, 0) is 0 Å². The van der Waals surface area contributed by atoms with E-state index in [-0.39, 0.29) is 22.3 Å². The molecule has 0 amide bonds. The molecule has 1 saturated heterocycles. The highest BCUT2D eigenvalue weighted by molar-refractivity contribution is 7.71. The van der Waals surface area contributed by atoms with E-state index < -0.39 is 5.56 Å². The third kappa shape index (κ3) is 3.48. The number of rotatable bonds is 3. The lowest BCUT2D eigenvalue weighted by Crippen LogP contribution is -2.29. The number of H-pyrrole nitrogens is 2. The minimum absolute atomic E-state index is 0.0640. The second-order valence-electron chi connectivity index (χ2n) is 5.38. The average Bonchev–Trinajstić information content (AvgIpc) is 2.55. The summed E-state index contributed by atoms with van der Waals surface area (Å²) in [6.07, 6.45) is 8.08. The third-order valence-corrected chi connectivity index (χ3v) is 4.04. The summed E-state index contributed by atoms with van der Waals surface area (Å²) < 4.78 is 0.0795. The first-order valence-corrected chi connectivity index (χ1v) is 7.82. The molecule has 120 valence electrons. The number of pyridine rings is 1. The van der Waals surface area contributed by atoms with E-state index in [1.54, 1.807) is 6.20 Å². The molecule has 3 N–H and O–H groups in total. The summed E-state index contributed by atoms with van der Waals surface area (Å²) in [6.45, 7) is 0.789. The highest BCUT2D eigenvalue weighted by atomic mass is 32.1. The van der Waals surface area contributed by atoms with Crippen molar-refractivity contribution in [2.45, 2.75) is 25.3 Å². The molecule has 3 rings (SSSR count). The van der Waals surface area contributed by atoms with Crippen molar-refractivity contribution in [3.8, 4) is 5.88 Å². The molecule has 8 heteroatoms. The minimum atomic E-state index is -0.468. The number of hydrogen-bond acceptors (Lipinski definition) is 6. The Balaban J connectivity index is 1.88. The Morgan fingerprint density at radius 3 is 3.04 bits per heavy atom. The summed E-state index contributed by atoms with van der Waals surface area (Å²) in [7, 11) is 0. The fourth-order valence-electron chi connectivity index (χ4n) is 2.70. The van der Waals surface area contributed by atoms with E-state index >= 15 is 0 Å². The lowest BCUT2D eigenvalue weighted by molar-refractivity contribution is 0.156. The second kappa shape index (κ2) is 6.74. The van der Waals surface area contributed by atoms with E-state index in [0.717, 1.165) is 31.4 Å². The maximum absolute atomic E-state index is 11.9. The van der Waals surface area contributed by atoms with Crippen LogP contribution in [-0.4, -0.2) is 37.8 Å². The van der Waals surface area contributed by atoms with E-state index in [1.807, 2.05) is 23.3 Å². The third-order valence-electron chi connectivity index (χ3n) is 3.84. The first-order chi connectivity index (χ1) is 11.1. The van der Waals surface area contributed by atoms with E-state index in [0.29, 0.717) is 0 Å². The van der Waals surface area contributed by atoms with Gasteiger partial charge in [-0.3, -0.25) is 19.8 Å². The minimum Gasteiger partial charge on any atom is -0.494 e. The molecule has 0 radical (unpaired) electrons. The van der Waals surface area contributed by atoms with Crippen LogP contribution < -0.4 is 5.56 Å². The smallest absolute Gasteiger partial charge is 0.264 e. The van der Waals surface area contributed by atoms with Crippen molar-refractivity contribution in [2.24, 2.45) is 5.10 Å². The van der Waals surface area contributed by atoms with Gasteiger partial charge < -0.3 is 10.1 Å². The number of aromatic nitrogens is 3. The quantitative estimate of drug-likeness (QED) is 0.591. The van der Waals surface area contributed by atoms with Crippen molar-refractivity contribution >= 4 is 18.4 Å². The molecule has 23 heavy (non-hydrogen) atoms. The Kier molecular flexibility index (Phi) is 4.52. The summed E-state index contributed by atoms with van der Waals surface area (Å²) in [5.41, 5.74) is 0.689. The number of aromatic amines is 2. The highest BCUT2D eigenvalue weighted by Crippen LogP contribution is 2.30. The first-order valence-electron chi connectivity index (χ1n) is 7.41. The van der Waals surface area contributed by atoms with Crippen LogP contribution in [0.2, 0.25) is 0 Å². The number of piperidine rings is 1. The van der Waals surface area contributed by atoms with Crippen LogP contribution in [0.1, 0.15) is 36.4 Å². The number of hydrogen-bond donors (Lipinski definition) is 3. The van der Waals surface area contributed by atoms with Crippen LogP contribution in [0.4, 0.5) is 0 Å². The van der Waals surface area contributed by atoms with Crippen molar-refractivity contribution < 1.29 is 5.11 Å². The summed E-state index contributed by atoms with van der Waals surface area (Å²) in [5, 5.41) is 16.2. The van der Waals surface area contributed by atoms with Gasteiger partial charge in [-0.15, -0.1) is 0 Å². The maximum Gasteiger partial charge on any atom is 0.264 e. The fraction of sp³-hybridized carbons (Fsp3) is 0.333. The van der Waals surface area contributed by atoms with E-state index in [1.165, 1.54) is 6.21 Å². The molecule has 0 saturated carbocycles. The molecular formula is C15H17N5O2S. The van der Waals surface area contributed by atoms with Gasteiger partial charge in [-0.05, 0) is 43.1 Å². The van der Waals surface area contributed by atoms with Gasteiger partial charge >= 0.3 is 0 Å². The van der Waals surface area contributed by atoms with Crippen molar-refractivity contribution in [1.29, 1.82) is 0 Å². The monoisotopic (exact) mass is 331 g/mol. The summed E-state index contributed by atoms with van der Waals surface area (Å²) in [4.78, 5) is 21.0. The molecule has 0 aliphatic carbocycles. The van der Waals surface area contributed by atoms with Gasteiger partial charge in [-0.1, -0.05) is 6.07 Å². The SMILES string of the molecule is O=c1[nH]c(=S)[nH]c(O)c1/C=N/N1CCCC[C@H]1c1cccnc1. The lowest BCUT2D eigenvalue weighted by atomic mass is 9.98. The van der Waals surface area contributed by atoms with Gasteiger partial charge in [0.05, 0.1) is 12.3 Å². The predicted molar refractivity (Wildman–Crippen MR) is 89.0 cm³/mol. The molecule has 1 aliphatic rings. The van der Waals surface area contributed by atoms with Gasteiger partial charge in [-0.25, -0.2) is 0 Å². The molecule has 0 bridgehead atoms. The normalized spacial score (nSPS) is 18.4. The van der Waals surface area contributed by atoms with Crippen molar-refractivity contribution in [2.75, 3.05) is 6.54 Å². The zero-order chi connectivity index (χ0) is 16.2. The van der Waals surface area contributed by atoms with Crippen molar-refractivity contribution in [3.63, 3.8) is 0 Å². The van der Waals surface area contributed by atoms with Gasteiger partial charge in [0.2, 0.25) is 5.88 Å². The van der Waals surface area contributed by atoms with Crippen LogP contribution in [0.5, 0.6) is 5.88 Å². The average molecular weight is 331 g/mol. The van der Waals surface area contributed by atoms with Gasteiger partial charge in [0.1, 0.15) is 5.56 Å². The molecular weight excluding hydrogens is 314 g/mol. The number of hydrazone groups is 1. The molecule has 1 atom stereocenters. The maximum atomic E-state index is 11.9. The molecule has 1 fully saturated rings. The first kappa shape index (κ1) is 15.4. The fourth-order valence-corrected chi connectivity index (χ4v) is 2.89. The van der Waals surface area contributed by atoms with Crippen molar-refractivity contribution in [1.82, 2.24) is 20.0 Å². The summed E-state index contributed by atoms with van der Waals surface area (Å²) in [6, 6.07) is 4.05. The molecule has 0 aromatic carbocycles. The van der Waals surface area contributed by atoms with Gasteiger partial charge in [0.25, 0.3) is 5.56 Å². The number of nitrogens with zero attached hydrogens (tertiary/aromatic N) is 3.